The van der Waals surface area contributed by atoms with E-state index < -0.39 is 5.41 Å². The molecular weight excluding hydrogens is 457 g/mol. The zero-order chi connectivity index (χ0) is 23.6. The predicted octanol–water partition coefficient (Wildman–Crippen LogP) is 3.36. The van der Waals surface area contributed by atoms with E-state index in [1.54, 1.807) is 17.0 Å². The van der Waals surface area contributed by atoms with E-state index in [-0.39, 0.29) is 30.2 Å². The number of nitrogens with zero attached hydrogens (tertiary/aromatic N) is 4. The van der Waals surface area contributed by atoms with Crippen molar-refractivity contribution in [3.05, 3.63) is 58.6 Å². The Morgan fingerprint density at radius 1 is 1.21 bits per heavy atom. The summed E-state index contributed by atoms with van der Waals surface area (Å²) < 4.78 is 16.2. The number of fused-ring (bicyclic) bond motifs is 3. The van der Waals surface area contributed by atoms with Crippen LogP contribution in [0.25, 0.3) is 11.0 Å². The zero-order valence-corrected chi connectivity index (χ0v) is 19.4. The molecule has 2 N–H and O–H groups in total. The molecule has 176 valence electrons. The Bertz CT molecular complexity index is 1330. The largest absolute Gasteiger partial charge is 0.368 e. The van der Waals surface area contributed by atoms with Gasteiger partial charge in [-0.1, -0.05) is 17.7 Å². The first-order valence-electron chi connectivity index (χ1n) is 11.7. The van der Waals surface area contributed by atoms with Gasteiger partial charge in [0.1, 0.15) is 11.6 Å². The van der Waals surface area contributed by atoms with E-state index in [4.69, 9.17) is 22.3 Å². The van der Waals surface area contributed by atoms with Crippen LogP contribution in [0, 0.1) is 5.82 Å². The Labute approximate surface area is 201 Å². The number of aromatic nitrogens is 2. The van der Waals surface area contributed by atoms with E-state index in [0.717, 1.165) is 48.8 Å². The Hall–Kier alpha value is -2.97. The van der Waals surface area contributed by atoms with Crippen LogP contribution in [-0.4, -0.2) is 45.4 Å². The summed E-state index contributed by atoms with van der Waals surface area (Å²) in [6, 6.07) is 9.92. The number of carbonyl (C=O) groups is 2. The predicted molar refractivity (Wildman–Crippen MR) is 127 cm³/mol. The maximum atomic E-state index is 14.1. The third-order valence-electron chi connectivity index (χ3n) is 7.56. The van der Waals surface area contributed by atoms with Gasteiger partial charge in [-0.05, 0) is 68.1 Å². The van der Waals surface area contributed by atoms with Gasteiger partial charge >= 0.3 is 0 Å². The van der Waals surface area contributed by atoms with Crippen LogP contribution in [0.2, 0.25) is 5.02 Å². The van der Waals surface area contributed by atoms with Crippen LogP contribution in [-0.2, 0) is 28.1 Å². The highest BCUT2D eigenvalue weighted by atomic mass is 35.5. The van der Waals surface area contributed by atoms with E-state index in [1.807, 2.05) is 12.1 Å². The van der Waals surface area contributed by atoms with Gasteiger partial charge < -0.3 is 15.2 Å². The molecule has 1 aliphatic carbocycles. The number of halogens is 2. The van der Waals surface area contributed by atoms with Gasteiger partial charge in [0.25, 0.3) is 0 Å². The lowest BCUT2D eigenvalue weighted by Crippen LogP contribution is -2.41. The van der Waals surface area contributed by atoms with Gasteiger partial charge in [0.15, 0.2) is 0 Å². The quantitative estimate of drug-likeness (QED) is 0.585. The number of hydrogen-bond acceptors (Lipinski definition) is 4. The number of nitrogens with two attached hydrogens (primary N) is 1. The number of imidazole rings is 1. The molecule has 3 heterocycles. The van der Waals surface area contributed by atoms with Crippen molar-refractivity contribution >= 4 is 40.1 Å². The fourth-order valence-electron chi connectivity index (χ4n) is 5.69. The Morgan fingerprint density at radius 3 is 2.79 bits per heavy atom. The fraction of sp³-hybridized carbons (Fsp3) is 0.400. The van der Waals surface area contributed by atoms with Crippen molar-refractivity contribution in [1.82, 2.24) is 14.5 Å². The molecular formula is C25H25ClFN5O2. The zero-order valence-electron chi connectivity index (χ0n) is 18.6. The van der Waals surface area contributed by atoms with E-state index in [2.05, 4.69) is 9.47 Å². The minimum Gasteiger partial charge on any atom is -0.368 e. The SMILES string of the molecule is NC(=O)C1CCCN1CCn1c(CN2C(=O)C3(CC3)c3ccc(F)cc32)nc2cc(Cl)ccc21. The summed E-state index contributed by atoms with van der Waals surface area (Å²) in [7, 11) is 0. The maximum Gasteiger partial charge on any atom is 0.238 e. The first-order valence-corrected chi connectivity index (χ1v) is 12.1. The normalized spacial score (nSPS) is 21.1. The molecule has 1 atom stereocenters. The summed E-state index contributed by atoms with van der Waals surface area (Å²) in [5.41, 5.74) is 8.27. The number of rotatable bonds is 6. The maximum absolute atomic E-state index is 14.1. The average molecular weight is 482 g/mol. The second-order valence-corrected chi connectivity index (χ2v) is 9.98. The number of amides is 2. The molecule has 3 aliphatic rings. The van der Waals surface area contributed by atoms with E-state index in [1.165, 1.54) is 12.1 Å². The van der Waals surface area contributed by atoms with Gasteiger partial charge in [0.05, 0.1) is 34.7 Å². The molecule has 1 spiro atoms. The fourth-order valence-corrected chi connectivity index (χ4v) is 5.86. The molecule has 1 aromatic heterocycles. The Balaban J connectivity index is 1.36. The van der Waals surface area contributed by atoms with Gasteiger partial charge in [-0.3, -0.25) is 14.5 Å². The van der Waals surface area contributed by atoms with Crippen LogP contribution in [0.4, 0.5) is 10.1 Å². The van der Waals surface area contributed by atoms with Gasteiger partial charge in [-0.2, -0.15) is 0 Å². The molecule has 1 unspecified atom stereocenters. The first kappa shape index (κ1) is 21.6. The Morgan fingerprint density at radius 2 is 2.03 bits per heavy atom. The first-order chi connectivity index (χ1) is 16.4. The van der Waals surface area contributed by atoms with Gasteiger partial charge in [-0.15, -0.1) is 0 Å². The van der Waals surface area contributed by atoms with Gasteiger partial charge in [0.2, 0.25) is 11.8 Å². The molecule has 34 heavy (non-hydrogen) atoms. The molecule has 6 rings (SSSR count). The van der Waals surface area contributed by atoms with Crippen LogP contribution < -0.4 is 10.6 Å². The van der Waals surface area contributed by atoms with Crippen LogP contribution in [0.5, 0.6) is 0 Å². The van der Waals surface area contributed by atoms with Crippen molar-refractivity contribution in [2.45, 2.75) is 50.2 Å². The van der Waals surface area contributed by atoms with Crippen molar-refractivity contribution in [1.29, 1.82) is 0 Å². The molecule has 9 heteroatoms. The molecule has 0 radical (unpaired) electrons. The third kappa shape index (κ3) is 3.31. The lowest BCUT2D eigenvalue weighted by atomic mass is 9.98. The minimum absolute atomic E-state index is 0.0121. The molecule has 2 amide bonds. The number of primary amides is 1. The molecule has 2 aliphatic heterocycles. The van der Waals surface area contributed by atoms with Gasteiger partial charge in [0, 0.05) is 18.1 Å². The van der Waals surface area contributed by atoms with Crippen molar-refractivity contribution < 1.29 is 14.0 Å². The lowest BCUT2D eigenvalue weighted by Gasteiger charge is -2.23. The van der Waals surface area contributed by atoms with Crippen LogP contribution in [0.1, 0.15) is 37.1 Å². The van der Waals surface area contributed by atoms with Crippen molar-refractivity contribution in [2.75, 3.05) is 18.0 Å². The molecule has 3 aromatic rings. The summed E-state index contributed by atoms with van der Waals surface area (Å²) >= 11 is 6.22. The topological polar surface area (TPSA) is 84.5 Å². The van der Waals surface area contributed by atoms with Crippen molar-refractivity contribution in [2.24, 2.45) is 5.73 Å². The second-order valence-electron chi connectivity index (χ2n) is 9.54. The summed E-state index contributed by atoms with van der Waals surface area (Å²) in [6.45, 7) is 2.28. The molecule has 7 nitrogen and oxygen atoms in total. The standard InChI is InChI=1S/C25H25ClFN5O2/c26-15-3-6-19-18(12-15)29-22(31(19)11-10-30-9-1-2-20(30)23(28)33)14-32-21-13-16(27)4-5-17(21)25(7-8-25)24(32)34/h3-6,12-13,20H,1-2,7-11,14H2,(H2,28,33). The third-order valence-corrected chi connectivity index (χ3v) is 7.80. The highest BCUT2D eigenvalue weighted by molar-refractivity contribution is 6.31. The molecule has 2 aromatic carbocycles. The second kappa shape index (κ2) is 7.78. The highest BCUT2D eigenvalue weighted by Gasteiger charge is 2.59. The smallest absolute Gasteiger partial charge is 0.238 e. The van der Waals surface area contributed by atoms with Crippen LogP contribution in [0.3, 0.4) is 0 Å². The number of carbonyl (C=O) groups excluding carboxylic acids is 2. The summed E-state index contributed by atoms with van der Waals surface area (Å²) in [4.78, 5) is 33.9. The number of anilines is 1. The lowest BCUT2D eigenvalue weighted by molar-refractivity contribution is -0.122. The molecule has 1 saturated carbocycles. The van der Waals surface area contributed by atoms with Crippen molar-refractivity contribution in [3.63, 3.8) is 0 Å². The highest BCUT2D eigenvalue weighted by Crippen LogP contribution is 2.57. The number of hydrogen-bond donors (Lipinski definition) is 1. The van der Waals surface area contributed by atoms with Crippen molar-refractivity contribution in [3.8, 4) is 0 Å². The van der Waals surface area contributed by atoms with E-state index in [0.29, 0.717) is 29.6 Å². The van der Waals surface area contributed by atoms with Gasteiger partial charge in [-0.25, -0.2) is 9.37 Å². The minimum atomic E-state index is -0.507. The summed E-state index contributed by atoms with van der Waals surface area (Å²) in [6.07, 6.45) is 3.29. The number of likely N-dealkylation sites (tertiary alicyclic amines) is 1. The Kier molecular flexibility index (Phi) is 4.93. The van der Waals surface area contributed by atoms with E-state index >= 15 is 0 Å². The average Bonchev–Trinajstić information content (AvgIpc) is 3.25. The van der Waals surface area contributed by atoms with E-state index in [9.17, 15) is 14.0 Å². The summed E-state index contributed by atoms with van der Waals surface area (Å²) in [5.74, 6) is 0.0588. The monoisotopic (exact) mass is 481 g/mol. The molecule has 1 saturated heterocycles. The molecule has 0 bridgehead atoms. The number of benzene rings is 2. The summed E-state index contributed by atoms with van der Waals surface area (Å²) in [5, 5.41) is 0.582. The van der Waals surface area contributed by atoms with Crippen LogP contribution in [0.15, 0.2) is 36.4 Å². The van der Waals surface area contributed by atoms with Crippen LogP contribution >= 0.6 is 11.6 Å². The molecule has 2 fully saturated rings.